The van der Waals surface area contributed by atoms with Gasteiger partial charge in [0.15, 0.2) is 0 Å². The first kappa shape index (κ1) is 15.0. The number of carbonyl (C=O) groups is 1. The lowest BCUT2D eigenvalue weighted by Crippen LogP contribution is -2.38. The zero-order valence-electron chi connectivity index (χ0n) is 12.5. The second kappa shape index (κ2) is 6.40. The summed E-state index contributed by atoms with van der Waals surface area (Å²) in [7, 11) is 0. The van der Waals surface area contributed by atoms with Crippen LogP contribution in [0.5, 0.6) is 0 Å². The van der Waals surface area contributed by atoms with Gasteiger partial charge in [-0.3, -0.25) is 4.79 Å². The minimum Gasteiger partial charge on any atom is -0.461 e. The molecule has 2 rings (SSSR count). The van der Waals surface area contributed by atoms with E-state index in [4.69, 9.17) is 10.5 Å². The molecule has 1 aromatic carbocycles. The van der Waals surface area contributed by atoms with Gasteiger partial charge in [-0.15, -0.1) is 0 Å². The molecule has 1 aliphatic carbocycles. The third kappa shape index (κ3) is 4.34. The Labute approximate surface area is 121 Å². The molecule has 0 saturated heterocycles. The first-order valence-corrected chi connectivity index (χ1v) is 7.46. The van der Waals surface area contributed by atoms with Gasteiger partial charge in [0.05, 0.1) is 0 Å². The SMILES string of the molecule is CC1(C)CCC(OC(=O)[C@@H](N)Cc2ccccc2)CC1. The number of ether oxygens (including phenoxy) is 1. The summed E-state index contributed by atoms with van der Waals surface area (Å²) in [6.45, 7) is 4.54. The molecule has 20 heavy (non-hydrogen) atoms. The Hall–Kier alpha value is -1.35. The Bertz CT molecular complexity index is 432. The van der Waals surface area contributed by atoms with E-state index in [2.05, 4.69) is 13.8 Å². The number of rotatable bonds is 4. The summed E-state index contributed by atoms with van der Waals surface area (Å²) in [5.41, 5.74) is 7.40. The summed E-state index contributed by atoms with van der Waals surface area (Å²) in [5, 5.41) is 0. The monoisotopic (exact) mass is 275 g/mol. The van der Waals surface area contributed by atoms with Crippen molar-refractivity contribution in [2.24, 2.45) is 11.1 Å². The zero-order valence-corrected chi connectivity index (χ0v) is 12.5. The Kier molecular flexibility index (Phi) is 4.81. The number of nitrogens with two attached hydrogens (primary N) is 1. The van der Waals surface area contributed by atoms with Crippen molar-refractivity contribution in [3.8, 4) is 0 Å². The highest BCUT2D eigenvalue weighted by Crippen LogP contribution is 2.36. The van der Waals surface area contributed by atoms with Crippen molar-refractivity contribution in [1.29, 1.82) is 0 Å². The van der Waals surface area contributed by atoms with Crippen molar-refractivity contribution in [1.82, 2.24) is 0 Å². The fourth-order valence-corrected chi connectivity index (χ4v) is 2.69. The first-order valence-electron chi connectivity index (χ1n) is 7.46. The Balaban J connectivity index is 1.80. The Morgan fingerprint density at radius 3 is 2.50 bits per heavy atom. The largest absolute Gasteiger partial charge is 0.461 e. The van der Waals surface area contributed by atoms with E-state index in [0.717, 1.165) is 31.2 Å². The number of hydrogen-bond donors (Lipinski definition) is 1. The van der Waals surface area contributed by atoms with Crippen LogP contribution in [0.4, 0.5) is 0 Å². The lowest BCUT2D eigenvalue weighted by atomic mass is 9.76. The Morgan fingerprint density at radius 2 is 1.90 bits per heavy atom. The number of esters is 1. The smallest absolute Gasteiger partial charge is 0.323 e. The van der Waals surface area contributed by atoms with Crippen LogP contribution < -0.4 is 5.73 Å². The van der Waals surface area contributed by atoms with E-state index in [1.807, 2.05) is 30.3 Å². The summed E-state index contributed by atoms with van der Waals surface area (Å²) in [4.78, 5) is 12.0. The molecule has 3 heteroatoms. The van der Waals surface area contributed by atoms with Gasteiger partial charge in [0.1, 0.15) is 12.1 Å². The normalized spacial score (nSPS) is 20.4. The molecule has 3 nitrogen and oxygen atoms in total. The molecule has 1 aromatic rings. The lowest BCUT2D eigenvalue weighted by Gasteiger charge is -2.34. The van der Waals surface area contributed by atoms with Crippen molar-refractivity contribution in [2.45, 2.75) is 58.1 Å². The highest BCUT2D eigenvalue weighted by atomic mass is 16.5. The molecule has 0 aliphatic heterocycles. The second-order valence-corrected chi connectivity index (χ2v) is 6.60. The first-order chi connectivity index (χ1) is 9.46. The summed E-state index contributed by atoms with van der Waals surface area (Å²) >= 11 is 0. The number of carbonyl (C=O) groups excluding carboxylic acids is 1. The molecule has 0 bridgehead atoms. The Morgan fingerprint density at radius 1 is 1.30 bits per heavy atom. The maximum Gasteiger partial charge on any atom is 0.323 e. The second-order valence-electron chi connectivity index (χ2n) is 6.60. The van der Waals surface area contributed by atoms with E-state index in [1.165, 1.54) is 0 Å². The third-order valence-corrected chi connectivity index (χ3v) is 4.17. The maximum absolute atomic E-state index is 12.0. The summed E-state index contributed by atoms with van der Waals surface area (Å²) in [6, 6.07) is 9.27. The van der Waals surface area contributed by atoms with Crippen LogP contribution in [0, 0.1) is 5.41 Å². The fourth-order valence-electron chi connectivity index (χ4n) is 2.69. The summed E-state index contributed by atoms with van der Waals surface area (Å²) in [5.74, 6) is -0.265. The highest BCUT2D eigenvalue weighted by molar-refractivity contribution is 5.76. The van der Waals surface area contributed by atoms with Crippen LogP contribution in [-0.4, -0.2) is 18.1 Å². The van der Waals surface area contributed by atoms with E-state index in [0.29, 0.717) is 11.8 Å². The minimum atomic E-state index is -0.563. The molecule has 110 valence electrons. The molecular formula is C17H25NO2. The van der Waals surface area contributed by atoms with Crippen molar-refractivity contribution in [2.75, 3.05) is 0 Å². The fraction of sp³-hybridized carbons (Fsp3) is 0.588. The van der Waals surface area contributed by atoms with Gasteiger partial charge in [0.25, 0.3) is 0 Å². The standard InChI is InChI=1S/C17H25NO2/c1-17(2)10-8-14(9-11-17)20-16(19)15(18)12-13-6-4-3-5-7-13/h3-7,14-15H,8-12,18H2,1-2H3/t15-/m0/s1. The van der Waals surface area contributed by atoms with Crippen LogP contribution in [0.3, 0.4) is 0 Å². The molecule has 1 atom stereocenters. The topological polar surface area (TPSA) is 52.3 Å². The average Bonchev–Trinajstić information content (AvgIpc) is 2.42. The average molecular weight is 275 g/mol. The molecule has 0 aromatic heterocycles. The van der Waals surface area contributed by atoms with Crippen molar-refractivity contribution in [3.05, 3.63) is 35.9 Å². The highest BCUT2D eigenvalue weighted by Gasteiger charge is 2.29. The maximum atomic E-state index is 12.0. The van der Waals surface area contributed by atoms with Crippen LogP contribution in [-0.2, 0) is 16.0 Å². The summed E-state index contributed by atoms with van der Waals surface area (Å²) < 4.78 is 5.55. The van der Waals surface area contributed by atoms with Gasteiger partial charge >= 0.3 is 5.97 Å². The minimum absolute atomic E-state index is 0.0531. The molecule has 0 unspecified atom stereocenters. The molecule has 1 saturated carbocycles. The van der Waals surface area contributed by atoms with Crippen LogP contribution >= 0.6 is 0 Å². The predicted molar refractivity (Wildman–Crippen MR) is 80.3 cm³/mol. The van der Waals surface area contributed by atoms with Gasteiger partial charge in [-0.1, -0.05) is 44.2 Å². The van der Waals surface area contributed by atoms with E-state index in [9.17, 15) is 4.79 Å². The molecule has 0 amide bonds. The molecule has 0 radical (unpaired) electrons. The van der Waals surface area contributed by atoms with Crippen molar-refractivity contribution < 1.29 is 9.53 Å². The molecule has 0 heterocycles. The lowest BCUT2D eigenvalue weighted by molar-refractivity contribution is -0.153. The van der Waals surface area contributed by atoms with E-state index in [-0.39, 0.29) is 12.1 Å². The van der Waals surface area contributed by atoms with Gasteiger partial charge in [0.2, 0.25) is 0 Å². The molecular weight excluding hydrogens is 250 g/mol. The van der Waals surface area contributed by atoms with Gasteiger partial charge in [-0.05, 0) is 43.1 Å². The molecule has 0 spiro atoms. The molecule has 1 fully saturated rings. The molecule has 2 N–H and O–H groups in total. The van der Waals surface area contributed by atoms with E-state index < -0.39 is 6.04 Å². The van der Waals surface area contributed by atoms with Crippen LogP contribution in [0.1, 0.15) is 45.1 Å². The van der Waals surface area contributed by atoms with E-state index in [1.54, 1.807) is 0 Å². The molecule has 1 aliphatic rings. The quantitative estimate of drug-likeness (QED) is 0.859. The van der Waals surface area contributed by atoms with Gasteiger partial charge in [0, 0.05) is 0 Å². The third-order valence-electron chi connectivity index (χ3n) is 4.17. The van der Waals surface area contributed by atoms with Crippen molar-refractivity contribution >= 4 is 5.97 Å². The van der Waals surface area contributed by atoms with Gasteiger partial charge < -0.3 is 10.5 Å². The van der Waals surface area contributed by atoms with Gasteiger partial charge in [-0.2, -0.15) is 0 Å². The predicted octanol–water partition coefficient (Wildman–Crippen LogP) is 3.07. The summed E-state index contributed by atoms with van der Waals surface area (Å²) in [6.07, 6.45) is 4.72. The zero-order chi connectivity index (χ0) is 14.6. The van der Waals surface area contributed by atoms with E-state index >= 15 is 0 Å². The van der Waals surface area contributed by atoms with Crippen LogP contribution in [0.25, 0.3) is 0 Å². The van der Waals surface area contributed by atoms with Crippen LogP contribution in [0.15, 0.2) is 30.3 Å². The van der Waals surface area contributed by atoms with Crippen molar-refractivity contribution in [3.63, 3.8) is 0 Å². The number of benzene rings is 1. The van der Waals surface area contributed by atoms with Gasteiger partial charge in [-0.25, -0.2) is 0 Å². The number of hydrogen-bond acceptors (Lipinski definition) is 3. The van der Waals surface area contributed by atoms with Crippen LogP contribution in [0.2, 0.25) is 0 Å².